The third-order valence-corrected chi connectivity index (χ3v) is 1.90. The number of rotatable bonds is 5. The number of unbranched alkanes of at least 4 members (excludes halogenated alkanes) is 1. The molecular formula is C10H11F2N3O. The lowest BCUT2D eigenvalue weighted by molar-refractivity contribution is 0.306. The summed E-state index contributed by atoms with van der Waals surface area (Å²) in [6, 6.07) is 2.01. The maximum atomic E-state index is 13.2. The normalized spacial score (nSPS) is 9.69. The quantitative estimate of drug-likeness (QED) is 0.323. The maximum Gasteiger partial charge on any atom is 0.139 e. The van der Waals surface area contributed by atoms with Crippen molar-refractivity contribution >= 4 is 5.69 Å². The van der Waals surface area contributed by atoms with Crippen LogP contribution in [0.4, 0.5) is 14.5 Å². The molecule has 0 atom stereocenters. The zero-order chi connectivity index (χ0) is 12.0. The summed E-state index contributed by atoms with van der Waals surface area (Å²) in [5.74, 6) is -1.76. The Morgan fingerprint density at radius 3 is 2.50 bits per heavy atom. The summed E-state index contributed by atoms with van der Waals surface area (Å²) in [5.41, 5.74) is 7.47. The summed E-state index contributed by atoms with van der Waals surface area (Å²) in [4.78, 5) is 2.34. The Bertz CT molecular complexity index is 394. The second-order valence-corrected chi connectivity index (χ2v) is 3.13. The molecule has 1 rings (SSSR count). The van der Waals surface area contributed by atoms with Crippen LogP contribution in [0.15, 0.2) is 17.2 Å². The first-order valence-corrected chi connectivity index (χ1v) is 4.86. The highest BCUT2D eigenvalue weighted by atomic mass is 19.1. The minimum atomic E-state index is -0.927. The number of benzene rings is 1. The first kappa shape index (κ1) is 12.3. The highest BCUT2D eigenvalue weighted by Gasteiger charge is 2.10. The Hall–Kier alpha value is -1.81. The van der Waals surface area contributed by atoms with E-state index in [0.29, 0.717) is 6.61 Å². The second kappa shape index (κ2) is 5.92. The van der Waals surface area contributed by atoms with E-state index in [9.17, 15) is 8.78 Å². The molecule has 0 unspecified atom stereocenters. The predicted octanol–water partition coefficient (Wildman–Crippen LogP) is 4.09. The lowest BCUT2D eigenvalue weighted by Gasteiger charge is -2.06. The first-order chi connectivity index (χ1) is 7.69. The van der Waals surface area contributed by atoms with Crippen molar-refractivity contribution in [3.8, 4) is 5.75 Å². The molecule has 0 saturated heterocycles. The van der Waals surface area contributed by atoms with Gasteiger partial charge in [-0.15, -0.1) is 0 Å². The molecular weight excluding hydrogens is 216 g/mol. The van der Waals surface area contributed by atoms with Crippen molar-refractivity contribution < 1.29 is 13.5 Å². The highest BCUT2D eigenvalue weighted by molar-refractivity contribution is 5.44. The first-order valence-electron chi connectivity index (χ1n) is 4.86. The molecule has 4 nitrogen and oxygen atoms in total. The van der Waals surface area contributed by atoms with Crippen LogP contribution >= 0.6 is 0 Å². The maximum absolute atomic E-state index is 13.2. The summed E-state index contributed by atoms with van der Waals surface area (Å²) in [7, 11) is 0. The van der Waals surface area contributed by atoms with Gasteiger partial charge in [-0.25, -0.2) is 8.78 Å². The van der Waals surface area contributed by atoms with Gasteiger partial charge in [0, 0.05) is 17.0 Å². The van der Waals surface area contributed by atoms with Gasteiger partial charge < -0.3 is 4.74 Å². The SMILES string of the molecule is CCCCOc1cc(F)c(N=[N+]=[N-])c(F)c1. The van der Waals surface area contributed by atoms with Crippen LogP contribution in [0.25, 0.3) is 10.4 Å². The largest absolute Gasteiger partial charge is 0.493 e. The standard InChI is InChI=1S/C10H11F2N3O/c1-2-3-4-16-7-5-8(11)10(14-15-13)9(12)6-7/h5-6H,2-4H2,1H3. The van der Waals surface area contributed by atoms with Gasteiger partial charge in [-0.05, 0) is 12.0 Å². The fraction of sp³-hybridized carbons (Fsp3) is 0.400. The number of halogens is 2. The third-order valence-electron chi connectivity index (χ3n) is 1.90. The van der Waals surface area contributed by atoms with Gasteiger partial charge in [-0.2, -0.15) is 0 Å². The van der Waals surface area contributed by atoms with Crippen LogP contribution in [0.1, 0.15) is 19.8 Å². The number of hydrogen-bond donors (Lipinski definition) is 0. The second-order valence-electron chi connectivity index (χ2n) is 3.13. The van der Waals surface area contributed by atoms with E-state index in [1.54, 1.807) is 0 Å². The molecule has 1 aromatic rings. The van der Waals surface area contributed by atoms with Crippen LogP contribution in [0, 0.1) is 11.6 Å². The number of hydrogen-bond acceptors (Lipinski definition) is 2. The van der Waals surface area contributed by atoms with Crippen LogP contribution in [-0.2, 0) is 0 Å². The summed E-state index contributed by atoms with van der Waals surface area (Å²) < 4.78 is 31.6. The van der Waals surface area contributed by atoms with Gasteiger partial charge in [0.1, 0.15) is 23.1 Å². The van der Waals surface area contributed by atoms with E-state index in [1.807, 2.05) is 6.92 Å². The van der Waals surface area contributed by atoms with E-state index < -0.39 is 17.3 Å². The number of nitrogens with zero attached hydrogens (tertiary/aromatic N) is 3. The van der Waals surface area contributed by atoms with Gasteiger partial charge in [0.15, 0.2) is 0 Å². The van der Waals surface area contributed by atoms with Crippen molar-refractivity contribution in [1.29, 1.82) is 0 Å². The molecule has 0 bridgehead atoms. The van der Waals surface area contributed by atoms with Gasteiger partial charge in [-0.1, -0.05) is 18.5 Å². The molecule has 0 spiro atoms. The molecule has 0 fully saturated rings. The van der Waals surface area contributed by atoms with E-state index in [2.05, 4.69) is 10.0 Å². The van der Waals surface area contributed by atoms with Crippen LogP contribution in [-0.4, -0.2) is 6.61 Å². The summed E-state index contributed by atoms with van der Waals surface area (Å²) in [6.07, 6.45) is 1.74. The van der Waals surface area contributed by atoms with Crippen molar-refractivity contribution in [3.05, 3.63) is 34.2 Å². The zero-order valence-electron chi connectivity index (χ0n) is 8.78. The van der Waals surface area contributed by atoms with Crippen LogP contribution in [0.5, 0.6) is 5.75 Å². The molecule has 6 heteroatoms. The molecule has 0 saturated carbocycles. The van der Waals surface area contributed by atoms with Crippen molar-refractivity contribution in [3.63, 3.8) is 0 Å². The zero-order valence-corrected chi connectivity index (χ0v) is 8.78. The molecule has 0 N–H and O–H groups in total. The summed E-state index contributed by atoms with van der Waals surface area (Å²) in [6.45, 7) is 2.38. The van der Waals surface area contributed by atoms with Crippen molar-refractivity contribution in [2.24, 2.45) is 5.11 Å². The Balaban J connectivity index is 2.87. The van der Waals surface area contributed by atoms with E-state index in [1.165, 1.54) is 0 Å². The topological polar surface area (TPSA) is 58.0 Å². The Morgan fingerprint density at radius 1 is 1.38 bits per heavy atom. The lowest BCUT2D eigenvalue weighted by atomic mass is 10.3. The van der Waals surface area contributed by atoms with Crippen LogP contribution in [0.3, 0.4) is 0 Å². The summed E-state index contributed by atoms with van der Waals surface area (Å²) in [5, 5.41) is 2.92. The van der Waals surface area contributed by atoms with Crippen molar-refractivity contribution in [2.45, 2.75) is 19.8 Å². The average Bonchev–Trinajstić information content (AvgIpc) is 2.24. The van der Waals surface area contributed by atoms with E-state index >= 15 is 0 Å². The minimum Gasteiger partial charge on any atom is -0.493 e. The van der Waals surface area contributed by atoms with Gasteiger partial charge in [0.05, 0.1) is 6.61 Å². The minimum absolute atomic E-state index is 0.0975. The van der Waals surface area contributed by atoms with Crippen LogP contribution < -0.4 is 4.74 Å². The number of ether oxygens (including phenoxy) is 1. The van der Waals surface area contributed by atoms with Gasteiger partial charge >= 0.3 is 0 Å². The molecule has 0 amide bonds. The molecule has 0 aliphatic carbocycles. The highest BCUT2D eigenvalue weighted by Crippen LogP contribution is 2.27. The smallest absolute Gasteiger partial charge is 0.139 e. The van der Waals surface area contributed by atoms with Crippen molar-refractivity contribution in [1.82, 2.24) is 0 Å². The van der Waals surface area contributed by atoms with Crippen molar-refractivity contribution in [2.75, 3.05) is 6.61 Å². The Morgan fingerprint density at radius 2 is 2.00 bits per heavy atom. The molecule has 0 aliphatic rings. The molecule has 0 radical (unpaired) electrons. The van der Waals surface area contributed by atoms with Gasteiger partial charge in [-0.3, -0.25) is 0 Å². The molecule has 0 heterocycles. The van der Waals surface area contributed by atoms with E-state index in [0.717, 1.165) is 25.0 Å². The Labute approximate surface area is 91.5 Å². The predicted molar refractivity (Wildman–Crippen MR) is 55.6 cm³/mol. The van der Waals surface area contributed by atoms with Crippen LogP contribution in [0.2, 0.25) is 0 Å². The monoisotopic (exact) mass is 227 g/mol. The van der Waals surface area contributed by atoms with Gasteiger partial charge in [0.2, 0.25) is 0 Å². The molecule has 1 aromatic carbocycles. The molecule has 86 valence electrons. The fourth-order valence-corrected chi connectivity index (χ4v) is 1.10. The van der Waals surface area contributed by atoms with E-state index in [-0.39, 0.29) is 5.75 Å². The Kier molecular flexibility index (Phi) is 4.54. The summed E-state index contributed by atoms with van der Waals surface area (Å²) >= 11 is 0. The average molecular weight is 227 g/mol. The lowest BCUT2D eigenvalue weighted by Crippen LogP contribution is -1.97. The molecule has 16 heavy (non-hydrogen) atoms. The third kappa shape index (κ3) is 3.10. The fourth-order valence-electron chi connectivity index (χ4n) is 1.10. The van der Waals surface area contributed by atoms with Gasteiger partial charge in [0.25, 0.3) is 0 Å². The molecule has 0 aliphatic heterocycles. The van der Waals surface area contributed by atoms with E-state index in [4.69, 9.17) is 10.3 Å². The molecule has 0 aromatic heterocycles. The number of azide groups is 1.